The molecule has 8 atom stereocenters. The van der Waals surface area contributed by atoms with Gasteiger partial charge in [-0.1, -0.05) is 55.8 Å². The van der Waals surface area contributed by atoms with Crippen molar-refractivity contribution in [1.82, 2.24) is 4.90 Å². The van der Waals surface area contributed by atoms with E-state index in [4.69, 9.17) is 21.1 Å². The maximum absolute atomic E-state index is 15.3. The van der Waals surface area contributed by atoms with Crippen LogP contribution in [0.5, 0.6) is 11.5 Å². The predicted molar refractivity (Wildman–Crippen MR) is 229 cm³/mol. The molecule has 322 valence electrons. The molecule has 7 fully saturated rings. The molecule has 10 aliphatic rings. The number of hydrogen-bond donors (Lipinski definition) is 2. The topological polar surface area (TPSA) is 96.3 Å². The number of benzene rings is 2. The molecule has 2 aromatic carbocycles. The van der Waals surface area contributed by atoms with Gasteiger partial charge in [0.05, 0.1) is 32.3 Å². The zero-order valence-electron chi connectivity index (χ0n) is 35.9. The Labute approximate surface area is 360 Å². The molecule has 2 N–H and O–H groups in total. The van der Waals surface area contributed by atoms with Crippen molar-refractivity contribution in [2.45, 2.75) is 122 Å². The highest BCUT2D eigenvalue weighted by Crippen LogP contribution is 2.78. The van der Waals surface area contributed by atoms with E-state index in [1.54, 1.807) is 26.4 Å². The second kappa shape index (κ2) is 14.2. The maximum Gasteiger partial charge on any atom is 0.227 e. The van der Waals surface area contributed by atoms with E-state index < -0.39 is 33.8 Å². The third kappa shape index (κ3) is 5.91. The molecule has 2 spiro atoms. The Morgan fingerprint density at radius 3 is 2.18 bits per heavy atom. The summed E-state index contributed by atoms with van der Waals surface area (Å²) in [4.78, 5) is 32.0. The second-order valence-corrected chi connectivity index (χ2v) is 22.1. The summed E-state index contributed by atoms with van der Waals surface area (Å²) in [5.41, 5.74) is -1.34. The number of Topliss-reactive ketones (excluding diaryl/α,β-unsaturated/α-hetero) is 1. The molecule has 0 radical (unpaired) electrons. The Morgan fingerprint density at radius 1 is 0.833 bits per heavy atom. The summed E-state index contributed by atoms with van der Waals surface area (Å²) in [6.45, 7) is 5.53. The molecule has 7 saturated carbocycles. The Hall–Kier alpha value is -3.20. The molecule has 9 heteroatoms. The summed E-state index contributed by atoms with van der Waals surface area (Å²) >= 11 is 6.56. The van der Waals surface area contributed by atoms with E-state index in [-0.39, 0.29) is 64.3 Å². The van der Waals surface area contributed by atoms with Gasteiger partial charge in [0.25, 0.3) is 0 Å². The van der Waals surface area contributed by atoms with Crippen LogP contribution in [-0.2, 0) is 22.4 Å². The van der Waals surface area contributed by atoms with Crippen LogP contribution in [0.3, 0.4) is 0 Å². The Balaban J connectivity index is 1.02. The number of hydrogen-bond acceptors (Lipinski definition) is 6. The van der Waals surface area contributed by atoms with E-state index in [2.05, 4.69) is 37.0 Å². The number of amides is 1. The van der Waals surface area contributed by atoms with Crippen LogP contribution in [0.2, 0.25) is 5.02 Å². The van der Waals surface area contributed by atoms with E-state index in [1.807, 2.05) is 18.2 Å². The van der Waals surface area contributed by atoms with Gasteiger partial charge in [-0.05, 0) is 154 Å². The largest absolute Gasteiger partial charge is 0.493 e. The molecule has 0 saturated heterocycles. The van der Waals surface area contributed by atoms with Gasteiger partial charge in [-0.15, -0.1) is 0 Å². The van der Waals surface area contributed by atoms with Gasteiger partial charge in [0.1, 0.15) is 5.82 Å². The molecule has 6 bridgehead atoms. The van der Waals surface area contributed by atoms with Crippen LogP contribution in [0, 0.1) is 62.5 Å². The Bertz CT molecular complexity index is 2110. The summed E-state index contributed by atoms with van der Waals surface area (Å²) in [6.07, 6.45) is 18.7. The van der Waals surface area contributed by atoms with Crippen LogP contribution in [0.15, 0.2) is 60.2 Å². The lowest BCUT2D eigenvalue weighted by Gasteiger charge is -2.71. The number of carbonyl (C=O) groups excluding carboxylic acids is 2. The van der Waals surface area contributed by atoms with Crippen molar-refractivity contribution in [2.24, 2.45) is 56.7 Å². The van der Waals surface area contributed by atoms with Crippen molar-refractivity contribution < 1.29 is 33.7 Å². The first kappa shape index (κ1) is 40.8. The fourth-order valence-electron chi connectivity index (χ4n) is 16.3. The number of fused-ring (bicyclic) bond motifs is 1. The van der Waals surface area contributed by atoms with Crippen molar-refractivity contribution in [3.63, 3.8) is 0 Å². The average Bonchev–Trinajstić information content (AvgIpc) is 3.47. The van der Waals surface area contributed by atoms with Crippen LogP contribution in [-0.4, -0.2) is 65.8 Å². The maximum atomic E-state index is 15.3. The molecule has 12 rings (SSSR count). The molecule has 0 aliphatic heterocycles. The Kier molecular flexibility index (Phi) is 9.64. The summed E-state index contributed by atoms with van der Waals surface area (Å²) in [5.74, 6) is 2.82. The van der Waals surface area contributed by atoms with Gasteiger partial charge < -0.3 is 24.6 Å². The zero-order chi connectivity index (χ0) is 42.0. The van der Waals surface area contributed by atoms with Gasteiger partial charge in [0.15, 0.2) is 17.3 Å². The van der Waals surface area contributed by atoms with Crippen molar-refractivity contribution in [1.29, 1.82) is 0 Å². The van der Waals surface area contributed by atoms with Crippen molar-refractivity contribution >= 4 is 23.3 Å². The third-order valence-corrected chi connectivity index (χ3v) is 19.1. The number of aliphatic hydroxyl groups excluding tert-OH is 1. The fraction of sp³-hybridized carbons (Fsp3) is 0.647. The number of nitrogens with zero attached hydrogens (tertiary/aromatic N) is 1. The number of halogens is 2. The molecule has 8 unspecified atom stereocenters. The first-order valence-electron chi connectivity index (χ1n) is 22.9. The minimum Gasteiger partial charge on any atom is -0.493 e. The zero-order valence-corrected chi connectivity index (χ0v) is 36.7. The first-order valence-corrected chi connectivity index (χ1v) is 23.3. The number of aliphatic hydroxyl groups is 2. The number of ether oxygens (including phenoxy) is 2. The van der Waals surface area contributed by atoms with E-state index in [9.17, 15) is 19.8 Å². The van der Waals surface area contributed by atoms with Gasteiger partial charge in [-0.2, -0.15) is 0 Å². The fourth-order valence-corrected chi connectivity index (χ4v) is 16.6. The second-order valence-electron chi connectivity index (χ2n) is 21.6. The van der Waals surface area contributed by atoms with Crippen LogP contribution in [0.1, 0.15) is 108 Å². The average molecular weight is 841 g/mol. The molecule has 10 aliphatic carbocycles. The monoisotopic (exact) mass is 839 g/mol. The number of rotatable bonds is 11. The lowest BCUT2D eigenvalue weighted by molar-refractivity contribution is -0.183. The Morgan fingerprint density at radius 2 is 1.50 bits per heavy atom. The minimum atomic E-state index is -1.20. The quantitative estimate of drug-likeness (QED) is 0.219. The summed E-state index contributed by atoms with van der Waals surface area (Å²) in [5, 5.41) is 24.9. The lowest BCUT2D eigenvalue weighted by atomic mass is 9.32. The third-order valence-electron chi connectivity index (χ3n) is 18.7. The van der Waals surface area contributed by atoms with Crippen molar-refractivity contribution in [3.05, 3.63) is 82.2 Å². The van der Waals surface area contributed by atoms with E-state index in [0.29, 0.717) is 49.3 Å². The van der Waals surface area contributed by atoms with Crippen LogP contribution >= 0.6 is 11.6 Å². The van der Waals surface area contributed by atoms with Gasteiger partial charge in [-0.3, -0.25) is 9.59 Å². The number of carbonyl (C=O) groups is 2. The number of allylic oxidation sites excluding steroid dienone is 4. The first-order chi connectivity index (χ1) is 28.6. The van der Waals surface area contributed by atoms with Crippen molar-refractivity contribution in [3.8, 4) is 11.5 Å². The predicted octanol–water partition coefficient (Wildman–Crippen LogP) is 9.49. The molecule has 60 heavy (non-hydrogen) atoms. The number of ketones is 1. The molecule has 1 amide bonds. The standard InChI is InChI=1S/C51H63ClFNO6/c1-46-13-10-35(55)27-49(46)16-17-51(37(28-49)40(56)23-36-38(52)6-5-7-39(36)53)43(46)11-14-47(2)44(51)12-15-50(47,58)30-54(29-48-24-32-18-33(25-48)20-34(19-32)26-48)45(57)22-31-8-9-41(59-3)42(21-31)60-4/h5-9,16-17,21,28,32-35,43-44,55,58H,10-15,18-20,22-27,29-30H2,1-4H3. The molecule has 0 heterocycles. The van der Waals surface area contributed by atoms with Crippen LogP contribution in [0.25, 0.3) is 0 Å². The highest BCUT2D eigenvalue weighted by atomic mass is 35.5. The summed E-state index contributed by atoms with van der Waals surface area (Å²) in [6, 6.07) is 10.3. The smallest absolute Gasteiger partial charge is 0.227 e. The minimum absolute atomic E-state index is 0.0242. The van der Waals surface area contributed by atoms with E-state index in [1.165, 1.54) is 25.3 Å². The molecule has 0 aromatic heterocycles. The number of methoxy groups -OCH3 is 2. The van der Waals surface area contributed by atoms with Crippen LogP contribution < -0.4 is 9.47 Å². The van der Waals surface area contributed by atoms with Crippen molar-refractivity contribution in [2.75, 3.05) is 27.3 Å². The normalized spacial score (nSPS) is 41.6. The molecule has 7 nitrogen and oxygen atoms in total. The van der Waals surface area contributed by atoms with E-state index >= 15 is 4.39 Å². The highest BCUT2D eigenvalue weighted by Gasteiger charge is 2.74. The van der Waals surface area contributed by atoms with Gasteiger partial charge >= 0.3 is 0 Å². The SMILES string of the molecule is COc1ccc(CC(=O)N(CC23CC4CC(CC(C4)C2)C3)CC2(O)CCC3C45C=CC6(C=C4C(=O)Cc4c(F)cccc4Cl)CC(O)CCC6(C)C5CCC32C)cc1OC. The lowest BCUT2D eigenvalue weighted by Crippen LogP contribution is -2.67. The van der Waals surface area contributed by atoms with Gasteiger partial charge in [0, 0.05) is 51.9 Å². The molecule has 2 aromatic rings. The van der Waals surface area contributed by atoms with Crippen LogP contribution in [0.4, 0.5) is 4.39 Å². The van der Waals surface area contributed by atoms with E-state index in [0.717, 1.165) is 61.8 Å². The summed E-state index contributed by atoms with van der Waals surface area (Å²) in [7, 11) is 3.22. The molecular weight excluding hydrogens is 777 g/mol. The summed E-state index contributed by atoms with van der Waals surface area (Å²) < 4.78 is 26.5. The molecular formula is C51H63ClFNO6. The highest BCUT2D eigenvalue weighted by molar-refractivity contribution is 6.31. The van der Waals surface area contributed by atoms with Gasteiger partial charge in [-0.25, -0.2) is 4.39 Å². The van der Waals surface area contributed by atoms with Gasteiger partial charge in [0.2, 0.25) is 5.91 Å².